The van der Waals surface area contributed by atoms with Gasteiger partial charge in [-0.05, 0) is 49.8 Å². The molecule has 7 heteroatoms. The monoisotopic (exact) mass is 430 g/mol. The third-order valence-corrected chi connectivity index (χ3v) is 8.40. The van der Waals surface area contributed by atoms with Gasteiger partial charge in [0.25, 0.3) is 0 Å². The molecule has 30 heavy (non-hydrogen) atoms. The molecule has 2 aliphatic heterocycles. The largest absolute Gasteiger partial charge is 0.487 e. The predicted molar refractivity (Wildman–Crippen MR) is 112 cm³/mol. The topological polar surface area (TPSA) is 49.9 Å². The summed E-state index contributed by atoms with van der Waals surface area (Å²) < 4.78 is 49.3. The van der Waals surface area contributed by atoms with Gasteiger partial charge in [0.05, 0.1) is 6.04 Å². The van der Waals surface area contributed by atoms with Crippen molar-refractivity contribution in [2.45, 2.75) is 49.3 Å². The molecule has 2 heterocycles. The summed E-state index contributed by atoms with van der Waals surface area (Å²) in [7, 11) is -3.61. The molecular formula is C23H27FN2O3S. The molecule has 0 bridgehead atoms. The Morgan fingerprint density at radius 3 is 2.50 bits per heavy atom. The van der Waals surface area contributed by atoms with Crippen LogP contribution in [0, 0.1) is 11.7 Å². The molecule has 2 fully saturated rings. The fourth-order valence-electron chi connectivity index (χ4n) is 4.62. The zero-order valence-corrected chi connectivity index (χ0v) is 17.7. The number of benzene rings is 2. The van der Waals surface area contributed by atoms with Gasteiger partial charge in [0.1, 0.15) is 22.6 Å². The van der Waals surface area contributed by atoms with Crippen molar-refractivity contribution in [1.29, 1.82) is 0 Å². The van der Waals surface area contributed by atoms with Crippen LogP contribution < -0.4 is 4.74 Å². The molecule has 5 rings (SSSR count). The van der Waals surface area contributed by atoms with Crippen molar-refractivity contribution >= 4 is 10.0 Å². The van der Waals surface area contributed by atoms with Crippen molar-refractivity contribution < 1.29 is 17.5 Å². The molecule has 3 aliphatic rings. The second-order valence-electron chi connectivity index (χ2n) is 8.63. The van der Waals surface area contributed by atoms with Gasteiger partial charge in [0.2, 0.25) is 10.0 Å². The highest BCUT2D eigenvalue weighted by molar-refractivity contribution is 7.89. The number of nitrogens with zero attached hydrogens (tertiary/aromatic N) is 2. The van der Waals surface area contributed by atoms with Gasteiger partial charge in [-0.3, -0.25) is 4.90 Å². The zero-order chi connectivity index (χ0) is 20.7. The van der Waals surface area contributed by atoms with Crippen molar-refractivity contribution in [2.75, 3.05) is 19.6 Å². The molecular weight excluding hydrogens is 403 g/mol. The maximum Gasteiger partial charge on any atom is 0.247 e. The van der Waals surface area contributed by atoms with Crippen molar-refractivity contribution in [3.8, 4) is 5.75 Å². The first-order chi connectivity index (χ1) is 14.5. The van der Waals surface area contributed by atoms with Gasteiger partial charge in [-0.25, -0.2) is 12.8 Å². The van der Waals surface area contributed by atoms with Gasteiger partial charge >= 0.3 is 0 Å². The van der Waals surface area contributed by atoms with Gasteiger partial charge in [-0.15, -0.1) is 0 Å². The highest BCUT2D eigenvalue weighted by Gasteiger charge is 2.45. The SMILES string of the molecule is O=S1(=O)c2ccccc2O[C@@H]2CCN(Cc3ccccc3F)CC[C@H]2N1CC1CC1. The lowest BCUT2D eigenvalue weighted by atomic mass is 10.1. The maximum atomic E-state index is 14.1. The Morgan fingerprint density at radius 1 is 0.967 bits per heavy atom. The second-order valence-corrected chi connectivity index (χ2v) is 10.5. The number of sulfonamides is 1. The first-order valence-corrected chi connectivity index (χ1v) is 12.2. The van der Waals surface area contributed by atoms with Crippen LogP contribution in [0.5, 0.6) is 5.75 Å². The quantitative estimate of drug-likeness (QED) is 0.743. The summed E-state index contributed by atoms with van der Waals surface area (Å²) >= 11 is 0. The van der Waals surface area contributed by atoms with Crippen LogP contribution in [0.3, 0.4) is 0 Å². The molecule has 5 nitrogen and oxygen atoms in total. The molecule has 0 amide bonds. The van der Waals surface area contributed by atoms with Gasteiger partial charge in [-0.2, -0.15) is 4.31 Å². The number of likely N-dealkylation sites (tertiary alicyclic amines) is 1. The van der Waals surface area contributed by atoms with Crippen molar-refractivity contribution in [2.24, 2.45) is 5.92 Å². The Bertz CT molecular complexity index is 1020. The lowest BCUT2D eigenvalue weighted by Gasteiger charge is -2.31. The number of hydrogen-bond acceptors (Lipinski definition) is 4. The summed E-state index contributed by atoms with van der Waals surface area (Å²) in [6, 6.07) is 13.6. The van der Waals surface area contributed by atoms with Crippen LogP contribution >= 0.6 is 0 Å². The fourth-order valence-corrected chi connectivity index (χ4v) is 6.50. The first kappa shape index (κ1) is 20.0. The number of rotatable bonds is 4. The van der Waals surface area contributed by atoms with Crippen LogP contribution in [-0.2, 0) is 16.6 Å². The van der Waals surface area contributed by atoms with Gasteiger partial charge < -0.3 is 4.74 Å². The van der Waals surface area contributed by atoms with E-state index in [1.54, 1.807) is 28.6 Å². The lowest BCUT2D eigenvalue weighted by molar-refractivity contribution is 0.111. The van der Waals surface area contributed by atoms with Gasteiger partial charge in [0.15, 0.2) is 0 Å². The van der Waals surface area contributed by atoms with E-state index in [-0.39, 0.29) is 22.9 Å². The van der Waals surface area contributed by atoms with E-state index in [1.807, 2.05) is 18.2 Å². The van der Waals surface area contributed by atoms with Crippen LogP contribution in [0.15, 0.2) is 53.4 Å². The van der Waals surface area contributed by atoms with E-state index in [0.717, 1.165) is 19.4 Å². The average Bonchev–Trinajstić information content (AvgIpc) is 3.57. The van der Waals surface area contributed by atoms with Crippen molar-refractivity contribution in [3.05, 3.63) is 59.9 Å². The van der Waals surface area contributed by atoms with Crippen LogP contribution in [-0.4, -0.2) is 49.4 Å². The highest BCUT2D eigenvalue weighted by atomic mass is 32.2. The Hall–Kier alpha value is -1.96. The van der Waals surface area contributed by atoms with E-state index >= 15 is 0 Å². The standard InChI is InChI=1S/C23H27FN2O3S/c24-19-6-2-1-5-18(19)16-25-13-11-20-21(12-14-25)29-22-7-3-4-8-23(22)30(27,28)26(20)15-17-9-10-17/h1-8,17,20-21H,9-16H2/t20-,21-/m1/s1. The molecule has 1 saturated carbocycles. The van der Waals surface area contributed by atoms with Crippen molar-refractivity contribution in [3.63, 3.8) is 0 Å². The molecule has 0 unspecified atom stereocenters. The summed E-state index contributed by atoms with van der Waals surface area (Å²) in [6.07, 6.45) is 3.37. The van der Waals surface area contributed by atoms with Gasteiger partial charge in [0, 0.05) is 31.7 Å². The average molecular weight is 431 g/mol. The minimum absolute atomic E-state index is 0.195. The molecule has 2 aromatic rings. The zero-order valence-electron chi connectivity index (χ0n) is 16.9. The summed E-state index contributed by atoms with van der Waals surface area (Å²) in [4.78, 5) is 2.49. The molecule has 2 atom stereocenters. The third kappa shape index (κ3) is 3.86. The highest BCUT2D eigenvalue weighted by Crippen LogP contribution is 2.40. The molecule has 0 N–H and O–H groups in total. The number of hydrogen-bond donors (Lipinski definition) is 0. The summed E-state index contributed by atoms with van der Waals surface area (Å²) in [5, 5.41) is 0. The predicted octanol–water partition coefficient (Wildman–Crippen LogP) is 3.65. The fraction of sp³-hybridized carbons (Fsp3) is 0.478. The minimum Gasteiger partial charge on any atom is -0.487 e. The second kappa shape index (κ2) is 7.94. The number of para-hydroxylation sites is 1. The Balaban J connectivity index is 1.43. The third-order valence-electron chi connectivity index (χ3n) is 6.47. The van der Waals surface area contributed by atoms with E-state index in [1.165, 1.54) is 6.07 Å². The minimum atomic E-state index is -3.61. The van der Waals surface area contributed by atoms with E-state index in [0.29, 0.717) is 49.7 Å². The lowest BCUT2D eigenvalue weighted by Crippen LogP contribution is -2.48. The molecule has 0 aromatic heterocycles. The molecule has 160 valence electrons. The van der Waals surface area contributed by atoms with Crippen LogP contribution in [0.25, 0.3) is 0 Å². The number of fused-ring (bicyclic) bond motifs is 2. The summed E-state index contributed by atoms with van der Waals surface area (Å²) in [6.45, 7) is 2.55. The van der Waals surface area contributed by atoms with E-state index in [2.05, 4.69) is 4.90 Å². The van der Waals surface area contributed by atoms with E-state index in [4.69, 9.17) is 4.74 Å². The Morgan fingerprint density at radius 2 is 1.70 bits per heavy atom. The smallest absolute Gasteiger partial charge is 0.247 e. The number of ether oxygens (including phenoxy) is 1. The molecule has 1 saturated heterocycles. The number of halogens is 1. The molecule has 1 aliphatic carbocycles. The summed E-state index contributed by atoms with van der Waals surface area (Å²) in [5.41, 5.74) is 0.674. The van der Waals surface area contributed by atoms with Crippen LogP contribution in [0.1, 0.15) is 31.2 Å². The Kier molecular flexibility index (Phi) is 5.29. The maximum absolute atomic E-state index is 14.1. The van der Waals surface area contributed by atoms with Crippen LogP contribution in [0.4, 0.5) is 4.39 Å². The molecule has 0 radical (unpaired) electrons. The van der Waals surface area contributed by atoms with Gasteiger partial charge in [-0.1, -0.05) is 30.3 Å². The first-order valence-electron chi connectivity index (χ1n) is 10.8. The summed E-state index contributed by atoms with van der Waals surface area (Å²) in [5.74, 6) is 0.705. The Labute approximate surface area is 177 Å². The molecule has 0 spiro atoms. The van der Waals surface area contributed by atoms with Crippen molar-refractivity contribution in [1.82, 2.24) is 9.21 Å². The van der Waals surface area contributed by atoms with E-state index < -0.39 is 10.0 Å². The van der Waals surface area contributed by atoms with Crippen LogP contribution in [0.2, 0.25) is 0 Å². The molecule has 2 aromatic carbocycles. The van der Waals surface area contributed by atoms with E-state index in [9.17, 15) is 12.8 Å². The normalized spacial score (nSPS) is 26.7.